The van der Waals surface area contributed by atoms with E-state index in [9.17, 15) is 19.5 Å². The Labute approximate surface area is 143 Å². The molecular formula is C17H30N2O5. The summed E-state index contributed by atoms with van der Waals surface area (Å²) >= 11 is 0. The van der Waals surface area contributed by atoms with E-state index in [0.717, 1.165) is 0 Å². The molecule has 0 saturated carbocycles. The fourth-order valence-electron chi connectivity index (χ4n) is 2.74. The molecule has 24 heavy (non-hydrogen) atoms. The lowest BCUT2D eigenvalue weighted by Crippen LogP contribution is -2.56. The van der Waals surface area contributed by atoms with Crippen molar-refractivity contribution in [3.63, 3.8) is 0 Å². The molecule has 1 aliphatic heterocycles. The molecule has 0 bridgehead atoms. The van der Waals surface area contributed by atoms with E-state index in [0.29, 0.717) is 13.0 Å². The van der Waals surface area contributed by atoms with E-state index in [1.807, 2.05) is 41.5 Å². The van der Waals surface area contributed by atoms with Crippen molar-refractivity contribution in [3.8, 4) is 0 Å². The Balaban J connectivity index is 2.90. The SMILES string of the molecule is CC(C)COC(=O)N[C@H](C(=O)N1C[C@H](C)C[C@H]1C(=O)O)C(C)(C)C. The van der Waals surface area contributed by atoms with Gasteiger partial charge in [0.25, 0.3) is 0 Å². The van der Waals surface area contributed by atoms with Crippen LogP contribution in [0.15, 0.2) is 0 Å². The average molecular weight is 342 g/mol. The summed E-state index contributed by atoms with van der Waals surface area (Å²) in [6.45, 7) is 11.9. The van der Waals surface area contributed by atoms with Crippen molar-refractivity contribution in [2.45, 2.75) is 60.0 Å². The second-order valence-electron chi connectivity index (χ2n) is 8.12. The lowest BCUT2D eigenvalue weighted by molar-refractivity contribution is -0.150. The molecule has 3 atom stereocenters. The fourth-order valence-corrected chi connectivity index (χ4v) is 2.74. The Bertz CT molecular complexity index is 484. The summed E-state index contributed by atoms with van der Waals surface area (Å²) < 4.78 is 5.10. The molecule has 1 aliphatic rings. The minimum absolute atomic E-state index is 0.114. The van der Waals surface area contributed by atoms with Gasteiger partial charge < -0.3 is 20.1 Å². The topological polar surface area (TPSA) is 95.9 Å². The van der Waals surface area contributed by atoms with E-state index in [4.69, 9.17) is 4.74 Å². The van der Waals surface area contributed by atoms with Crippen molar-refractivity contribution in [2.24, 2.45) is 17.3 Å². The second kappa shape index (κ2) is 7.85. The smallest absolute Gasteiger partial charge is 0.407 e. The van der Waals surface area contributed by atoms with Crippen molar-refractivity contribution in [1.29, 1.82) is 0 Å². The molecule has 0 aliphatic carbocycles. The van der Waals surface area contributed by atoms with Gasteiger partial charge in [0.2, 0.25) is 5.91 Å². The standard InChI is InChI=1S/C17H30N2O5/c1-10(2)9-24-16(23)18-13(17(4,5)6)14(20)19-8-11(3)7-12(19)15(21)22/h10-13H,7-9H2,1-6H3,(H,18,23)(H,21,22)/t11-,12+,13-/m1/s1. The monoisotopic (exact) mass is 342 g/mol. The number of rotatable bonds is 5. The quantitative estimate of drug-likeness (QED) is 0.798. The summed E-state index contributed by atoms with van der Waals surface area (Å²) in [6, 6.07) is -1.69. The number of hydrogen-bond donors (Lipinski definition) is 2. The van der Waals surface area contributed by atoms with Gasteiger partial charge in [-0.2, -0.15) is 0 Å². The van der Waals surface area contributed by atoms with Crippen LogP contribution in [-0.4, -0.2) is 53.2 Å². The summed E-state index contributed by atoms with van der Waals surface area (Å²) in [7, 11) is 0. The molecule has 1 rings (SSSR count). The molecule has 0 unspecified atom stereocenters. The molecule has 138 valence electrons. The van der Waals surface area contributed by atoms with Crippen LogP contribution in [0.25, 0.3) is 0 Å². The van der Waals surface area contributed by atoms with E-state index in [-0.39, 0.29) is 24.3 Å². The summed E-state index contributed by atoms with van der Waals surface area (Å²) in [4.78, 5) is 37.7. The highest BCUT2D eigenvalue weighted by molar-refractivity contribution is 5.90. The van der Waals surface area contributed by atoms with Gasteiger partial charge in [-0.05, 0) is 23.7 Å². The van der Waals surface area contributed by atoms with Gasteiger partial charge in [-0.3, -0.25) is 4.79 Å². The minimum Gasteiger partial charge on any atom is -0.480 e. The van der Waals surface area contributed by atoms with E-state index in [1.165, 1.54) is 4.90 Å². The Kier molecular flexibility index (Phi) is 6.63. The average Bonchev–Trinajstić information content (AvgIpc) is 2.83. The van der Waals surface area contributed by atoms with Crippen molar-refractivity contribution in [2.75, 3.05) is 13.2 Å². The number of likely N-dealkylation sites (tertiary alicyclic amines) is 1. The van der Waals surface area contributed by atoms with Crippen LogP contribution in [-0.2, 0) is 14.3 Å². The Morgan fingerprint density at radius 2 is 1.88 bits per heavy atom. The summed E-state index contributed by atoms with van der Waals surface area (Å²) in [5.74, 6) is -1.08. The number of carbonyl (C=O) groups is 3. The van der Waals surface area contributed by atoms with Gasteiger partial charge >= 0.3 is 12.1 Å². The first-order chi connectivity index (χ1) is 10.9. The maximum atomic E-state index is 12.9. The normalized spacial score (nSPS) is 22.4. The van der Waals surface area contributed by atoms with E-state index in [1.54, 1.807) is 0 Å². The molecular weight excluding hydrogens is 312 g/mol. The Hall–Kier alpha value is -1.79. The van der Waals surface area contributed by atoms with Crippen LogP contribution in [0.2, 0.25) is 0 Å². The predicted octanol–water partition coefficient (Wildman–Crippen LogP) is 2.10. The molecule has 7 nitrogen and oxygen atoms in total. The Morgan fingerprint density at radius 3 is 2.33 bits per heavy atom. The number of nitrogens with zero attached hydrogens (tertiary/aromatic N) is 1. The van der Waals surface area contributed by atoms with Crippen molar-refractivity contribution < 1.29 is 24.2 Å². The van der Waals surface area contributed by atoms with Gasteiger partial charge in [-0.25, -0.2) is 9.59 Å². The highest BCUT2D eigenvalue weighted by Crippen LogP contribution is 2.28. The zero-order valence-electron chi connectivity index (χ0n) is 15.5. The number of carboxylic acid groups (broad SMARTS) is 1. The first-order valence-corrected chi connectivity index (χ1v) is 8.40. The van der Waals surface area contributed by atoms with E-state index >= 15 is 0 Å². The molecule has 0 spiro atoms. The van der Waals surface area contributed by atoms with Gasteiger partial charge in [-0.15, -0.1) is 0 Å². The first kappa shape index (κ1) is 20.3. The number of aliphatic carboxylic acids is 1. The van der Waals surface area contributed by atoms with Crippen molar-refractivity contribution in [1.82, 2.24) is 10.2 Å². The van der Waals surface area contributed by atoms with Crippen LogP contribution in [0.5, 0.6) is 0 Å². The second-order valence-corrected chi connectivity index (χ2v) is 8.12. The van der Waals surface area contributed by atoms with Crippen LogP contribution >= 0.6 is 0 Å². The molecule has 0 aromatic carbocycles. The molecule has 7 heteroatoms. The molecule has 1 heterocycles. The number of carbonyl (C=O) groups excluding carboxylic acids is 2. The third kappa shape index (κ3) is 5.39. The number of alkyl carbamates (subject to hydrolysis) is 1. The largest absolute Gasteiger partial charge is 0.480 e. The number of hydrogen-bond acceptors (Lipinski definition) is 4. The van der Waals surface area contributed by atoms with Crippen molar-refractivity contribution >= 4 is 18.0 Å². The van der Waals surface area contributed by atoms with Gasteiger partial charge in [-0.1, -0.05) is 41.5 Å². The Morgan fingerprint density at radius 1 is 1.29 bits per heavy atom. The number of nitrogens with one attached hydrogen (secondary N) is 1. The molecule has 1 fully saturated rings. The van der Waals surface area contributed by atoms with Gasteiger partial charge in [0.05, 0.1) is 6.61 Å². The van der Waals surface area contributed by atoms with Crippen LogP contribution < -0.4 is 5.32 Å². The molecule has 0 aromatic rings. The van der Waals surface area contributed by atoms with E-state index < -0.39 is 29.6 Å². The first-order valence-electron chi connectivity index (χ1n) is 8.40. The number of carboxylic acids is 1. The molecule has 0 radical (unpaired) electrons. The number of amides is 2. The van der Waals surface area contributed by atoms with Crippen LogP contribution in [0, 0.1) is 17.3 Å². The summed E-state index contributed by atoms with van der Waals surface area (Å²) in [6.07, 6.45) is -0.230. The third-order valence-electron chi connectivity index (χ3n) is 4.00. The third-order valence-corrected chi connectivity index (χ3v) is 4.00. The molecule has 2 N–H and O–H groups in total. The maximum Gasteiger partial charge on any atom is 0.407 e. The zero-order chi connectivity index (χ0) is 18.7. The summed E-state index contributed by atoms with van der Waals surface area (Å²) in [5, 5.41) is 12.0. The van der Waals surface area contributed by atoms with Crippen LogP contribution in [0.1, 0.15) is 48.0 Å². The van der Waals surface area contributed by atoms with Gasteiger partial charge in [0, 0.05) is 6.54 Å². The number of ether oxygens (including phenoxy) is 1. The molecule has 1 saturated heterocycles. The van der Waals surface area contributed by atoms with Gasteiger partial charge in [0.15, 0.2) is 0 Å². The molecule has 0 aromatic heterocycles. The van der Waals surface area contributed by atoms with Gasteiger partial charge in [0.1, 0.15) is 12.1 Å². The minimum atomic E-state index is -1.01. The van der Waals surface area contributed by atoms with E-state index in [2.05, 4.69) is 5.32 Å². The molecule has 2 amide bonds. The highest BCUT2D eigenvalue weighted by atomic mass is 16.5. The predicted molar refractivity (Wildman–Crippen MR) is 89.5 cm³/mol. The lowest BCUT2D eigenvalue weighted by atomic mass is 9.85. The fraction of sp³-hybridized carbons (Fsp3) is 0.824. The lowest BCUT2D eigenvalue weighted by Gasteiger charge is -2.34. The van der Waals surface area contributed by atoms with Crippen LogP contribution in [0.3, 0.4) is 0 Å². The maximum absolute atomic E-state index is 12.9. The highest BCUT2D eigenvalue weighted by Gasteiger charge is 2.44. The van der Waals surface area contributed by atoms with Crippen LogP contribution in [0.4, 0.5) is 4.79 Å². The summed E-state index contributed by atoms with van der Waals surface area (Å²) in [5.41, 5.74) is -0.567. The zero-order valence-corrected chi connectivity index (χ0v) is 15.5. The van der Waals surface area contributed by atoms with Crippen molar-refractivity contribution in [3.05, 3.63) is 0 Å².